The van der Waals surface area contributed by atoms with E-state index in [-0.39, 0.29) is 0 Å². The molecule has 13 rings (SSSR count). The van der Waals surface area contributed by atoms with Crippen LogP contribution < -0.4 is 9.80 Å². The highest BCUT2D eigenvalue weighted by atomic mass is 15.2. The molecule has 0 N–H and O–H groups in total. The number of anilines is 6. The van der Waals surface area contributed by atoms with Crippen LogP contribution in [0.1, 0.15) is 0 Å². The zero-order valence-corrected chi connectivity index (χ0v) is 35.5. The highest BCUT2D eigenvalue weighted by molar-refractivity contribution is 6.33. The number of rotatable bonds is 8. The Morgan fingerprint density at radius 2 is 0.585 bits per heavy atom. The van der Waals surface area contributed by atoms with E-state index in [1.54, 1.807) is 0 Å². The molecule has 0 radical (unpaired) electrons. The molecule has 0 spiro atoms. The van der Waals surface area contributed by atoms with E-state index in [0.29, 0.717) is 0 Å². The molecule has 2 aromatic heterocycles. The molecule has 3 nitrogen and oxygen atoms in total. The van der Waals surface area contributed by atoms with Crippen molar-refractivity contribution in [1.29, 1.82) is 0 Å². The number of benzene rings is 11. The number of aromatic nitrogens is 1. The summed E-state index contributed by atoms with van der Waals surface area (Å²) in [5.74, 6) is 0. The van der Waals surface area contributed by atoms with E-state index in [2.05, 4.69) is 263 Å². The van der Waals surface area contributed by atoms with Crippen LogP contribution in [0.5, 0.6) is 0 Å². The largest absolute Gasteiger partial charge is 0.309 e. The molecule has 0 unspecified atom stereocenters. The molecule has 11 aromatic carbocycles. The summed E-state index contributed by atoms with van der Waals surface area (Å²) in [6.07, 6.45) is 0. The van der Waals surface area contributed by atoms with E-state index in [4.69, 9.17) is 0 Å². The summed E-state index contributed by atoms with van der Waals surface area (Å²) in [7, 11) is 0. The molecule has 65 heavy (non-hydrogen) atoms. The second-order valence-corrected chi connectivity index (χ2v) is 16.9. The first-order valence-corrected chi connectivity index (χ1v) is 22.4. The van der Waals surface area contributed by atoms with Crippen molar-refractivity contribution in [2.75, 3.05) is 9.80 Å². The summed E-state index contributed by atoms with van der Waals surface area (Å²) >= 11 is 0. The van der Waals surface area contributed by atoms with E-state index >= 15 is 0 Å². The summed E-state index contributed by atoms with van der Waals surface area (Å²) in [6, 6.07) is 90.6. The lowest BCUT2D eigenvalue weighted by molar-refractivity contribution is 1.30. The van der Waals surface area contributed by atoms with Gasteiger partial charge in [0.15, 0.2) is 0 Å². The van der Waals surface area contributed by atoms with Crippen molar-refractivity contribution in [1.82, 2.24) is 4.40 Å². The van der Waals surface area contributed by atoms with E-state index in [1.807, 2.05) is 0 Å². The first kappa shape index (κ1) is 36.9. The fourth-order valence-electron chi connectivity index (χ4n) is 10.4. The Balaban J connectivity index is 1.12. The molecule has 0 aliphatic rings. The van der Waals surface area contributed by atoms with Gasteiger partial charge < -0.3 is 14.2 Å². The van der Waals surface area contributed by atoms with Crippen LogP contribution in [0.25, 0.3) is 81.9 Å². The van der Waals surface area contributed by atoms with Gasteiger partial charge in [0.1, 0.15) is 0 Å². The Hall–Kier alpha value is -8.66. The molecule has 0 amide bonds. The van der Waals surface area contributed by atoms with Gasteiger partial charge in [0.25, 0.3) is 0 Å². The topological polar surface area (TPSA) is 10.9 Å². The fourth-order valence-corrected chi connectivity index (χ4v) is 10.4. The van der Waals surface area contributed by atoms with Crippen molar-refractivity contribution in [2.45, 2.75) is 0 Å². The lowest BCUT2D eigenvalue weighted by Gasteiger charge is -2.29. The van der Waals surface area contributed by atoms with E-state index < -0.39 is 0 Å². The number of hydrogen-bond donors (Lipinski definition) is 0. The zero-order valence-electron chi connectivity index (χ0n) is 35.5. The standard InChI is InChI=1S/C62H41N3/c1-5-18-42(19-6-1)44-32-36-50(37-33-44)63(48-24-9-3-10-25-48)61-52-28-15-13-22-46(52)40-56-58(61)54-30-17-31-55-59-57(65(56)60(54)55)41-47-23-14-16-29-53(47)62(59)64(49-26-11-4-12-27-49)51-38-34-45(35-39-51)43-20-7-2-8-21-43/h1-41H. The molecular weight excluding hydrogens is 787 g/mol. The molecule has 0 saturated carbocycles. The summed E-state index contributed by atoms with van der Waals surface area (Å²) in [5.41, 5.74) is 15.2. The van der Waals surface area contributed by atoms with Crippen LogP contribution in [0.3, 0.4) is 0 Å². The lowest BCUT2D eigenvalue weighted by atomic mass is 9.97. The molecule has 0 atom stereocenters. The van der Waals surface area contributed by atoms with Gasteiger partial charge in [-0.15, -0.1) is 0 Å². The third-order valence-electron chi connectivity index (χ3n) is 13.2. The number of fused-ring (bicyclic) bond motifs is 8. The van der Waals surface area contributed by atoms with Crippen LogP contribution in [0.4, 0.5) is 34.1 Å². The van der Waals surface area contributed by atoms with Gasteiger partial charge in [0.05, 0.1) is 27.9 Å². The SMILES string of the molecule is c1ccc(-c2ccc(N(c3ccccc3)c3c4ccccc4cc4c3c3cccc5c6c(N(c7ccccc7)c7ccc(-c8ccccc8)cc7)c7ccccc7cc6n4c35)cc2)cc1. The molecule has 0 saturated heterocycles. The average molecular weight is 828 g/mol. The van der Waals surface area contributed by atoms with Crippen molar-refractivity contribution in [3.05, 3.63) is 249 Å². The van der Waals surface area contributed by atoms with Crippen LogP contribution >= 0.6 is 0 Å². The van der Waals surface area contributed by atoms with E-state index in [1.165, 1.54) is 93.3 Å². The number of para-hydroxylation sites is 3. The molecule has 0 aliphatic carbocycles. The zero-order chi connectivity index (χ0) is 42.8. The lowest BCUT2D eigenvalue weighted by Crippen LogP contribution is -2.11. The Kier molecular flexibility index (Phi) is 8.53. The first-order valence-electron chi connectivity index (χ1n) is 22.4. The third-order valence-corrected chi connectivity index (χ3v) is 13.2. The second kappa shape index (κ2) is 15.0. The summed E-state index contributed by atoms with van der Waals surface area (Å²) < 4.78 is 2.56. The van der Waals surface area contributed by atoms with E-state index in [0.717, 1.165) is 22.7 Å². The van der Waals surface area contributed by atoms with E-state index in [9.17, 15) is 0 Å². The Morgan fingerprint density at radius 3 is 1.00 bits per heavy atom. The van der Waals surface area contributed by atoms with Crippen molar-refractivity contribution in [3.63, 3.8) is 0 Å². The third kappa shape index (κ3) is 5.90. The molecule has 2 heterocycles. The quantitative estimate of drug-likeness (QED) is 0.151. The van der Waals surface area contributed by atoms with Gasteiger partial charge in [-0.25, -0.2) is 0 Å². The molecule has 304 valence electrons. The molecular formula is C62H41N3. The molecule has 0 bridgehead atoms. The maximum atomic E-state index is 2.56. The number of hydrogen-bond acceptors (Lipinski definition) is 2. The van der Waals surface area contributed by atoms with Gasteiger partial charge in [-0.1, -0.05) is 188 Å². The minimum absolute atomic E-state index is 1.10. The van der Waals surface area contributed by atoms with Gasteiger partial charge in [0, 0.05) is 55.1 Å². The van der Waals surface area contributed by atoms with Crippen LogP contribution in [-0.2, 0) is 0 Å². The smallest absolute Gasteiger partial charge is 0.0640 e. The Labute approximate surface area is 377 Å². The minimum atomic E-state index is 1.10. The van der Waals surface area contributed by atoms with Crippen LogP contribution in [0, 0.1) is 0 Å². The average Bonchev–Trinajstić information content (AvgIpc) is 3.90. The van der Waals surface area contributed by atoms with Crippen molar-refractivity contribution >= 4 is 93.8 Å². The predicted molar refractivity (Wildman–Crippen MR) is 276 cm³/mol. The molecule has 0 aliphatic heterocycles. The summed E-state index contributed by atoms with van der Waals surface area (Å²) in [5, 5.41) is 9.70. The second-order valence-electron chi connectivity index (χ2n) is 16.9. The van der Waals surface area contributed by atoms with Crippen molar-refractivity contribution in [2.24, 2.45) is 0 Å². The predicted octanol–water partition coefficient (Wildman–Crippen LogP) is 17.4. The first-order chi connectivity index (χ1) is 32.3. The maximum Gasteiger partial charge on any atom is 0.0640 e. The molecule has 13 aromatic rings. The number of nitrogens with zero attached hydrogens (tertiary/aromatic N) is 3. The van der Waals surface area contributed by atoms with Crippen LogP contribution in [-0.4, -0.2) is 4.40 Å². The molecule has 3 heteroatoms. The highest BCUT2D eigenvalue weighted by Crippen LogP contribution is 2.53. The highest BCUT2D eigenvalue weighted by Gasteiger charge is 2.28. The van der Waals surface area contributed by atoms with Gasteiger partial charge >= 0.3 is 0 Å². The van der Waals surface area contributed by atoms with Crippen molar-refractivity contribution < 1.29 is 0 Å². The minimum Gasteiger partial charge on any atom is -0.309 e. The summed E-state index contributed by atoms with van der Waals surface area (Å²) in [4.78, 5) is 4.95. The normalized spacial score (nSPS) is 11.7. The van der Waals surface area contributed by atoms with Crippen LogP contribution in [0.15, 0.2) is 249 Å². The summed E-state index contributed by atoms with van der Waals surface area (Å²) in [6.45, 7) is 0. The van der Waals surface area contributed by atoms with Gasteiger partial charge in [0.2, 0.25) is 0 Å². The van der Waals surface area contributed by atoms with Gasteiger partial charge in [-0.3, -0.25) is 0 Å². The Morgan fingerprint density at radius 1 is 0.262 bits per heavy atom. The monoisotopic (exact) mass is 827 g/mol. The van der Waals surface area contributed by atoms with Gasteiger partial charge in [-0.05, 0) is 93.7 Å². The maximum absolute atomic E-state index is 2.56. The molecule has 0 fully saturated rings. The fraction of sp³-hybridized carbons (Fsp3) is 0. The van der Waals surface area contributed by atoms with Gasteiger partial charge in [-0.2, -0.15) is 0 Å². The van der Waals surface area contributed by atoms with Crippen LogP contribution in [0.2, 0.25) is 0 Å². The Bertz CT molecular complexity index is 3590. The van der Waals surface area contributed by atoms with Crippen molar-refractivity contribution in [3.8, 4) is 22.3 Å².